The van der Waals surface area contributed by atoms with Gasteiger partial charge in [-0.25, -0.2) is 0 Å². The number of thiocarbonyl (C=S) groups is 1. The summed E-state index contributed by atoms with van der Waals surface area (Å²) < 4.78 is 2.58. The minimum absolute atomic E-state index is 0.0709. The summed E-state index contributed by atoms with van der Waals surface area (Å²) in [4.78, 5) is 16.1. The molecule has 6 heteroatoms. The average molecular weight is 502 g/mol. The van der Waals surface area contributed by atoms with Gasteiger partial charge in [0.05, 0.1) is 6.04 Å². The zero-order valence-corrected chi connectivity index (χ0v) is 22.0. The van der Waals surface area contributed by atoms with Gasteiger partial charge in [-0.05, 0) is 54.2 Å². The molecule has 0 spiro atoms. The SMILES string of the molecule is CC(C)(C)[C@H](NC(=S)Nc1ccccc1)C(=O)N1CCC[C@@H]1c1cccc2c1sc1ccccc12. The van der Waals surface area contributed by atoms with Gasteiger partial charge < -0.3 is 15.5 Å². The fourth-order valence-corrected chi connectivity index (χ4v) is 6.52. The second kappa shape index (κ2) is 9.59. The number of hydrogen-bond acceptors (Lipinski definition) is 3. The lowest BCUT2D eigenvalue weighted by atomic mass is 9.85. The third-order valence-corrected chi connectivity index (χ3v) is 8.21. The van der Waals surface area contributed by atoms with Gasteiger partial charge in [0.25, 0.3) is 0 Å². The van der Waals surface area contributed by atoms with Crippen LogP contribution in [0.4, 0.5) is 5.69 Å². The van der Waals surface area contributed by atoms with Crippen LogP contribution >= 0.6 is 23.6 Å². The molecule has 2 heterocycles. The molecule has 2 N–H and O–H groups in total. The van der Waals surface area contributed by atoms with Crippen molar-refractivity contribution in [3.8, 4) is 0 Å². The predicted molar refractivity (Wildman–Crippen MR) is 152 cm³/mol. The highest BCUT2D eigenvalue weighted by atomic mass is 32.1. The molecule has 1 aliphatic rings. The molecule has 0 aliphatic carbocycles. The molecule has 1 amide bonds. The van der Waals surface area contributed by atoms with Crippen molar-refractivity contribution in [3.05, 3.63) is 78.4 Å². The van der Waals surface area contributed by atoms with Crippen LogP contribution in [0, 0.1) is 5.41 Å². The number of carbonyl (C=O) groups excluding carboxylic acids is 1. The lowest BCUT2D eigenvalue weighted by molar-refractivity contribution is -0.136. The van der Waals surface area contributed by atoms with E-state index in [1.54, 1.807) is 0 Å². The van der Waals surface area contributed by atoms with E-state index < -0.39 is 6.04 Å². The van der Waals surface area contributed by atoms with Crippen LogP contribution in [0.5, 0.6) is 0 Å². The first kappa shape index (κ1) is 23.8. The van der Waals surface area contributed by atoms with Crippen LogP contribution < -0.4 is 10.6 Å². The first-order valence-electron chi connectivity index (χ1n) is 12.2. The third kappa shape index (κ3) is 4.78. The van der Waals surface area contributed by atoms with Crippen LogP contribution in [-0.2, 0) is 4.79 Å². The number of para-hydroxylation sites is 1. The molecular weight excluding hydrogens is 470 g/mol. The monoisotopic (exact) mass is 501 g/mol. The molecule has 0 unspecified atom stereocenters. The zero-order chi connectivity index (χ0) is 24.6. The molecule has 1 aromatic heterocycles. The Morgan fingerprint density at radius 3 is 2.49 bits per heavy atom. The lowest BCUT2D eigenvalue weighted by Gasteiger charge is -2.36. The van der Waals surface area contributed by atoms with E-state index in [1.807, 2.05) is 41.7 Å². The standard InChI is InChI=1S/C29H31N3OS2/c1-29(2,3)26(31-28(34)30-19-11-5-4-6-12-19)27(33)32-18-10-16-23(32)22-15-9-14-21-20-13-7-8-17-24(20)35-25(21)22/h4-9,11-15,17,23,26H,10,16,18H2,1-3H3,(H2,30,31,34)/t23-,26-/m1/s1. The number of rotatable bonds is 4. The first-order chi connectivity index (χ1) is 16.8. The number of anilines is 1. The van der Waals surface area contributed by atoms with Gasteiger partial charge in [0.2, 0.25) is 5.91 Å². The number of nitrogens with zero attached hydrogens (tertiary/aromatic N) is 1. The Morgan fingerprint density at radius 1 is 1.00 bits per heavy atom. The quantitative estimate of drug-likeness (QED) is 0.292. The van der Waals surface area contributed by atoms with Crippen molar-refractivity contribution in [2.75, 3.05) is 11.9 Å². The summed E-state index contributed by atoms with van der Waals surface area (Å²) in [6, 6.07) is 24.5. The summed E-state index contributed by atoms with van der Waals surface area (Å²) in [5.41, 5.74) is 1.85. The normalized spacial score (nSPS) is 17.0. The maximum Gasteiger partial charge on any atom is 0.246 e. The van der Waals surface area contributed by atoms with Gasteiger partial charge in [-0.15, -0.1) is 11.3 Å². The van der Waals surface area contributed by atoms with E-state index in [9.17, 15) is 4.79 Å². The number of fused-ring (bicyclic) bond motifs is 3. The van der Waals surface area contributed by atoms with Crippen LogP contribution in [0.3, 0.4) is 0 Å². The maximum atomic E-state index is 14.1. The van der Waals surface area contributed by atoms with Crippen molar-refractivity contribution < 1.29 is 4.79 Å². The molecule has 1 aliphatic heterocycles. The van der Waals surface area contributed by atoms with Gasteiger partial charge in [-0.1, -0.05) is 75.4 Å². The highest BCUT2D eigenvalue weighted by molar-refractivity contribution is 7.80. The molecule has 4 nitrogen and oxygen atoms in total. The van der Waals surface area contributed by atoms with E-state index in [2.05, 4.69) is 78.8 Å². The van der Waals surface area contributed by atoms with Crippen molar-refractivity contribution in [2.45, 2.75) is 45.7 Å². The fourth-order valence-electron chi connectivity index (χ4n) is 5.02. The van der Waals surface area contributed by atoms with Gasteiger partial charge in [0.1, 0.15) is 6.04 Å². The average Bonchev–Trinajstić information content (AvgIpc) is 3.47. The summed E-state index contributed by atoms with van der Waals surface area (Å²) in [5.74, 6) is 0.107. The van der Waals surface area contributed by atoms with Crippen LogP contribution in [0.2, 0.25) is 0 Å². The molecule has 5 rings (SSSR count). The van der Waals surface area contributed by atoms with Crippen molar-refractivity contribution in [1.29, 1.82) is 0 Å². The molecule has 1 saturated heterocycles. The molecule has 4 aromatic rings. The van der Waals surface area contributed by atoms with Gasteiger partial charge in [-0.2, -0.15) is 0 Å². The Kier molecular flexibility index (Phi) is 6.51. The Balaban J connectivity index is 1.43. The second-order valence-corrected chi connectivity index (χ2v) is 11.7. The highest BCUT2D eigenvalue weighted by Gasteiger charge is 2.40. The van der Waals surface area contributed by atoms with Crippen LogP contribution in [-0.4, -0.2) is 28.5 Å². The molecule has 0 bridgehead atoms. The van der Waals surface area contributed by atoms with Gasteiger partial charge >= 0.3 is 0 Å². The number of benzene rings is 3. The number of hydrogen-bond donors (Lipinski definition) is 2. The van der Waals surface area contributed by atoms with Crippen molar-refractivity contribution >= 4 is 60.4 Å². The summed E-state index contributed by atoms with van der Waals surface area (Å²) in [7, 11) is 0. The first-order valence-corrected chi connectivity index (χ1v) is 13.4. The number of carbonyl (C=O) groups is 1. The zero-order valence-electron chi connectivity index (χ0n) is 20.4. The van der Waals surface area contributed by atoms with E-state index in [0.717, 1.165) is 25.1 Å². The molecule has 35 heavy (non-hydrogen) atoms. The summed E-state index contributed by atoms with van der Waals surface area (Å²) in [6.45, 7) is 7.03. The topological polar surface area (TPSA) is 44.4 Å². The Bertz CT molecular complexity index is 1370. The van der Waals surface area contributed by atoms with E-state index in [-0.39, 0.29) is 17.4 Å². The van der Waals surface area contributed by atoms with Crippen LogP contribution in [0.1, 0.15) is 45.2 Å². The second-order valence-electron chi connectivity index (χ2n) is 10.3. The van der Waals surface area contributed by atoms with Gasteiger partial charge in [-0.3, -0.25) is 4.79 Å². The summed E-state index contributed by atoms with van der Waals surface area (Å²) >= 11 is 7.44. The summed E-state index contributed by atoms with van der Waals surface area (Å²) in [6.07, 6.45) is 1.98. The number of thiophene rings is 1. The molecule has 1 fully saturated rings. The van der Waals surface area contributed by atoms with Crippen molar-refractivity contribution in [1.82, 2.24) is 10.2 Å². The molecule has 0 radical (unpaired) electrons. The van der Waals surface area contributed by atoms with E-state index in [4.69, 9.17) is 12.2 Å². The minimum atomic E-state index is -0.437. The molecule has 180 valence electrons. The molecular formula is C29H31N3OS2. The van der Waals surface area contributed by atoms with Crippen LogP contribution in [0.25, 0.3) is 20.2 Å². The molecule has 3 aromatic carbocycles. The third-order valence-electron chi connectivity index (χ3n) is 6.75. The minimum Gasteiger partial charge on any atom is -0.350 e. The van der Waals surface area contributed by atoms with Gasteiger partial charge in [0, 0.05) is 32.4 Å². The lowest BCUT2D eigenvalue weighted by Crippen LogP contribution is -2.55. The van der Waals surface area contributed by atoms with Crippen molar-refractivity contribution in [2.24, 2.45) is 5.41 Å². The Labute approximate surface area is 216 Å². The number of nitrogens with one attached hydrogen (secondary N) is 2. The van der Waals surface area contributed by atoms with E-state index in [0.29, 0.717) is 5.11 Å². The van der Waals surface area contributed by atoms with E-state index in [1.165, 1.54) is 25.7 Å². The number of likely N-dealkylation sites (tertiary alicyclic amines) is 1. The fraction of sp³-hybridized carbons (Fsp3) is 0.310. The smallest absolute Gasteiger partial charge is 0.246 e. The van der Waals surface area contributed by atoms with E-state index >= 15 is 0 Å². The number of amides is 1. The summed E-state index contributed by atoms with van der Waals surface area (Å²) in [5, 5.41) is 9.60. The molecule has 0 saturated carbocycles. The Hall–Kier alpha value is -2.96. The predicted octanol–water partition coefficient (Wildman–Crippen LogP) is 7.12. The molecule has 2 atom stereocenters. The Morgan fingerprint density at radius 2 is 1.71 bits per heavy atom. The van der Waals surface area contributed by atoms with Crippen LogP contribution in [0.15, 0.2) is 72.8 Å². The maximum absolute atomic E-state index is 14.1. The van der Waals surface area contributed by atoms with Crippen molar-refractivity contribution in [3.63, 3.8) is 0 Å². The highest BCUT2D eigenvalue weighted by Crippen LogP contribution is 2.42. The van der Waals surface area contributed by atoms with Gasteiger partial charge in [0.15, 0.2) is 5.11 Å². The largest absolute Gasteiger partial charge is 0.350 e.